The smallest absolute Gasteiger partial charge is 0.226 e. The summed E-state index contributed by atoms with van der Waals surface area (Å²) < 4.78 is 15.0. The molecule has 2 aliphatic rings. The summed E-state index contributed by atoms with van der Waals surface area (Å²) in [7, 11) is 0. The zero-order chi connectivity index (χ0) is 23.9. The molecule has 4 aromatic rings. The van der Waals surface area contributed by atoms with Crippen LogP contribution in [0, 0.1) is 5.95 Å². The number of aromatic amines is 1. The largest absolute Gasteiger partial charge is 0.391 e. The van der Waals surface area contributed by atoms with Crippen LogP contribution in [-0.4, -0.2) is 48.0 Å². The molecule has 4 heterocycles. The third kappa shape index (κ3) is 4.21. The van der Waals surface area contributed by atoms with Crippen LogP contribution in [0.25, 0.3) is 11.0 Å². The second-order valence-corrected chi connectivity index (χ2v) is 9.13. The van der Waals surface area contributed by atoms with Crippen LogP contribution < -0.4 is 10.6 Å². The number of carbonyl (C=O) groups is 1. The van der Waals surface area contributed by atoms with E-state index in [-0.39, 0.29) is 23.0 Å². The molecule has 0 spiro atoms. The fourth-order valence-electron chi connectivity index (χ4n) is 4.60. The van der Waals surface area contributed by atoms with Gasteiger partial charge in [0.1, 0.15) is 23.6 Å². The number of hydrogen-bond acceptors (Lipinski definition) is 8. The molecule has 0 aromatic carbocycles. The molecule has 10 heteroatoms. The normalized spacial score (nSPS) is 19.7. The van der Waals surface area contributed by atoms with E-state index in [0.29, 0.717) is 34.9 Å². The number of anilines is 3. The number of aliphatic hydroxyl groups excluding tert-OH is 1. The van der Waals surface area contributed by atoms with Crippen molar-refractivity contribution in [1.82, 2.24) is 24.9 Å². The van der Waals surface area contributed by atoms with Gasteiger partial charge in [-0.3, -0.25) is 9.78 Å². The lowest BCUT2D eigenvalue weighted by Crippen LogP contribution is -2.28. The highest BCUT2D eigenvalue weighted by Gasteiger charge is 2.28. The number of carbonyl (C=O) groups excluding carboxylic acids is 1. The SMILES string of the molecule is O=C(c1ccc(Nc2ccc(C3CC3)nc2)nc1F)c1c[nH]c2ncnc(N[C@@H]3CCC[C@H]3O)c12. The van der Waals surface area contributed by atoms with Crippen molar-refractivity contribution >= 4 is 34.1 Å². The summed E-state index contributed by atoms with van der Waals surface area (Å²) in [5, 5.41) is 16.9. The van der Waals surface area contributed by atoms with E-state index >= 15 is 0 Å². The number of H-pyrrole nitrogens is 1. The van der Waals surface area contributed by atoms with Gasteiger partial charge in [-0.1, -0.05) is 0 Å². The standard InChI is InChI=1S/C25H24FN7O2/c26-23-15(7-9-20(33-23)31-14-6-8-17(27-10-14)13-4-5-13)22(35)16-11-28-24-21(16)25(30-12-29-24)32-18-2-1-3-19(18)34/h6-13,18-19,34H,1-5H2,(H,31,33)(H2,28,29,30,32)/t18-,19-/m1/s1. The second kappa shape index (κ2) is 8.70. The molecule has 9 nitrogen and oxygen atoms in total. The summed E-state index contributed by atoms with van der Waals surface area (Å²) in [6, 6.07) is 6.66. The Balaban J connectivity index is 1.25. The lowest BCUT2D eigenvalue weighted by Gasteiger charge is -2.17. The Kier molecular flexibility index (Phi) is 5.37. The number of fused-ring (bicyclic) bond motifs is 1. The van der Waals surface area contributed by atoms with Gasteiger partial charge < -0.3 is 20.7 Å². The molecule has 0 unspecified atom stereocenters. The van der Waals surface area contributed by atoms with Gasteiger partial charge >= 0.3 is 0 Å². The number of rotatable bonds is 7. The Labute approximate surface area is 200 Å². The van der Waals surface area contributed by atoms with Gasteiger partial charge in [-0.15, -0.1) is 0 Å². The van der Waals surface area contributed by atoms with Gasteiger partial charge in [-0.05, 0) is 56.4 Å². The van der Waals surface area contributed by atoms with Gasteiger partial charge in [0.15, 0.2) is 5.78 Å². The Morgan fingerprint density at radius 3 is 2.66 bits per heavy atom. The van der Waals surface area contributed by atoms with Gasteiger partial charge in [-0.2, -0.15) is 4.39 Å². The fourth-order valence-corrected chi connectivity index (χ4v) is 4.60. The van der Waals surface area contributed by atoms with Gasteiger partial charge in [0, 0.05) is 17.8 Å². The molecular weight excluding hydrogens is 449 g/mol. The molecule has 2 atom stereocenters. The maximum Gasteiger partial charge on any atom is 0.226 e. The highest BCUT2D eigenvalue weighted by atomic mass is 19.1. The number of hydrogen-bond donors (Lipinski definition) is 4. The average molecular weight is 474 g/mol. The van der Waals surface area contributed by atoms with Crippen molar-refractivity contribution in [1.29, 1.82) is 0 Å². The predicted octanol–water partition coefficient (Wildman–Crippen LogP) is 4.06. The molecule has 35 heavy (non-hydrogen) atoms. The van der Waals surface area contributed by atoms with Crippen molar-refractivity contribution < 1.29 is 14.3 Å². The maximum atomic E-state index is 15.0. The molecule has 0 bridgehead atoms. The number of halogens is 1. The lowest BCUT2D eigenvalue weighted by atomic mass is 10.0. The van der Waals surface area contributed by atoms with Crippen LogP contribution in [0.15, 0.2) is 43.0 Å². The molecule has 2 fully saturated rings. The molecule has 0 saturated heterocycles. The first-order chi connectivity index (χ1) is 17.1. The molecule has 0 radical (unpaired) electrons. The summed E-state index contributed by atoms with van der Waals surface area (Å²) in [4.78, 5) is 33.1. The van der Waals surface area contributed by atoms with E-state index in [2.05, 4.69) is 35.6 Å². The maximum absolute atomic E-state index is 15.0. The molecule has 0 amide bonds. The number of nitrogens with one attached hydrogen (secondary N) is 3. The number of aliphatic hydroxyl groups is 1. The van der Waals surface area contributed by atoms with Crippen LogP contribution in [0.3, 0.4) is 0 Å². The van der Waals surface area contributed by atoms with Crippen LogP contribution in [0.4, 0.5) is 21.7 Å². The Morgan fingerprint density at radius 2 is 1.94 bits per heavy atom. The zero-order valence-corrected chi connectivity index (χ0v) is 18.8. The third-order valence-electron chi connectivity index (χ3n) is 6.66. The van der Waals surface area contributed by atoms with Crippen LogP contribution in [0.5, 0.6) is 0 Å². The zero-order valence-electron chi connectivity index (χ0n) is 18.8. The quantitative estimate of drug-likeness (QED) is 0.234. The Morgan fingerprint density at radius 1 is 1.06 bits per heavy atom. The Hall–Kier alpha value is -3.92. The molecule has 2 aliphatic carbocycles. The average Bonchev–Trinajstić information content (AvgIpc) is 3.49. The Bertz CT molecular complexity index is 1400. The molecule has 4 N–H and O–H groups in total. The van der Waals surface area contributed by atoms with Crippen LogP contribution in [0.2, 0.25) is 0 Å². The van der Waals surface area contributed by atoms with E-state index in [0.717, 1.165) is 18.5 Å². The summed E-state index contributed by atoms with van der Waals surface area (Å²) in [6.07, 6.45) is 8.85. The predicted molar refractivity (Wildman–Crippen MR) is 128 cm³/mol. The van der Waals surface area contributed by atoms with Gasteiger partial charge in [0.05, 0.1) is 40.5 Å². The van der Waals surface area contributed by atoms with E-state index in [9.17, 15) is 14.3 Å². The fraction of sp³-hybridized carbons (Fsp3) is 0.320. The monoisotopic (exact) mass is 473 g/mol. The van der Waals surface area contributed by atoms with E-state index < -0.39 is 17.8 Å². The summed E-state index contributed by atoms with van der Waals surface area (Å²) in [6.45, 7) is 0. The van der Waals surface area contributed by atoms with E-state index in [1.165, 1.54) is 31.4 Å². The second-order valence-electron chi connectivity index (χ2n) is 9.13. The van der Waals surface area contributed by atoms with Crippen molar-refractivity contribution in [3.8, 4) is 0 Å². The van der Waals surface area contributed by atoms with Gasteiger partial charge in [0.2, 0.25) is 5.95 Å². The minimum atomic E-state index is -0.880. The first kappa shape index (κ1) is 21.6. The topological polar surface area (TPSA) is 129 Å². The molecule has 178 valence electrons. The van der Waals surface area contributed by atoms with E-state index in [4.69, 9.17) is 0 Å². The molecule has 2 saturated carbocycles. The van der Waals surface area contributed by atoms with Crippen LogP contribution >= 0.6 is 0 Å². The van der Waals surface area contributed by atoms with E-state index in [1.54, 1.807) is 12.3 Å². The van der Waals surface area contributed by atoms with Crippen LogP contribution in [-0.2, 0) is 0 Å². The highest BCUT2D eigenvalue weighted by Crippen LogP contribution is 2.39. The molecule has 4 aromatic heterocycles. The highest BCUT2D eigenvalue weighted by molar-refractivity contribution is 6.18. The van der Waals surface area contributed by atoms with Crippen molar-refractivity contribution in [3.05, 3.63) is 65.8 Å². The van der Waals surface area contributed by atoms with Crippen molar-refractivity contribution in [2.75, 3.05) is 10.6 Å². The van der Waals surface area contributed by atoms with Crippen LogP contribution in [0.1, 0.15) is 59.6 Å². The molecule has 6 rings (SSSR count). The summed E-state index contributed by atoms with van der Waals surface area (Å²) >= 11 is 0. The minimum Gasteiger partial charge on any atom is -0.391 e. The molecule has 0 aliphatic heterocycles. The number of aromatic nitrogens is 5. The first-order valence-electron chi connectivity index (χ1n) is 11.8. The van der Waals surface area contributed by atoms with Crippen molar-refractivity contribution in [2.24, 2.45) is 0 Å². The van der Waals surface area contributed by atoms with Gasteiger partial charge in [0.25, 0.3) is 0 Å². The van der Waals surface area contributed by atoms with E-state index in [1.807, 2.05) is 12.1 Å². The van der Waals surface area contributed by atoms with Gasteiger partial charge in [-0.25, -0.2) is 15.0 Å². The molecular formula is C25H24FN7O2. The number of ketones is 1. The summed E-state index contributed by atoms with van der Waals surface area (Å²) in [5.41, 5.74) is 2.28. The first-order valence-corrected chi connectivity index (χ1v) is 11.8. The van der Waals surface area contributed by atoms with Crippen molar-refractivity contribution in [2.45, 2.75) is 50.2 Å². The number of nitrogens with zero attached hydrogens (tertiary/aromatic N) is 4. The third-order valence-corrected chi connectivity index (χ3v) is 6.66. The summed E-state index contributed by atoms with van der Waals surface area (Å²) in [5.74, 6) is -0.152. The minimum absolute atomic E-state index is 0.158. The lowest BCUT2D eigenvalue weighted by molar-refractivity contribution is 0.103. The number of pyridine rings is 2. The van der Waals surface area contributed by atoms with Crippen molar-refractivity contribution in [3.63, 3.8) is 0 Å².